The number of hydrogen-bond donors (Lipinski definition) is 1. The third kappa shape index (κ3) is 4.25. The van der Waals surface area contributed by atoms with Crippen molar-refractivity contribution in [2.45, 2.75) is 57.5 Å². The average molecular weight is 662 g/mol. The lowest BCUT2D eigenvalue weighted by Crippen LogP contribution is -2.39. The molecule has 0 radical (unpaired) electrons. The number of anilines is 1. The minimum absolute atomic E-state index is 0.109. The zero-order valence-corrected chi connectivity index (χ0v) is 29.5. The Kier molecular flexibility index (Phi) is 6.74. The van der Waals surface area contributed by atoms with Crippen LogP contribution < -0.4 is 24.7 Å². The van der Waals surface area contributed by atoms with Crippen LogP contribution in [0.5, 0.6) is 23.0 Å². The molecule has 1 fully saturated rings. The van der Waals surface area contributed by atoms with E-state index in [4.69, 9.17) is 24.7 Å². The lowest BCUT2D eigenvalue weighted by molar-refractivity contribution is 0.162. The maximum Gasteiger partial charge on any atom is 0.178 e. The van der Waals surface area contributed by atoms with Gasteiger partial charge in [0.25, 0.3) is 0 Å². The molecule has 1 unspecified atom stereocenters. The van der Waals surface area contributed by atoms with Gasteiger partial charge >= 0.3 is 0 Å². The van der Waals surface area contributed by atoms with Crippen LogP contribution in [0, 0.1) is 5.41 Å². The highest BCUT2D eigenvalue weighted by atomic mass is 16.5. The van der Waals surface area contributed by atoms with Crippen molar-refractivity contribution in [3.63, 3.8) is 0 Å². The summed E-state index contributed by atoms with van der Waals surface area (Å²) in [5.74, 6) is 3.28. The van der Waals surface area contributed by atoms with Gasteiger partial charge in [0.15, 0.2) is 5.60 Å². The van der Waals surface area contributed by atoms with E-state index < -0.39 is 5.60 Å². The fraction of sp³-hybridized carbons (Fsp3) is 0.289. The van der Waals surface area contributed by atoms with Crippen LogP contribution in [0.2, 0.25) is 0 Å². The Bertz CT molecular complexity index is 2210. The summed E-state index contributed by atoms with van der Waals surface area (Å²) in [6, 6.07) is 27.6. The van der Waals surface area contributed by atoms with Crippen LogP contribution in [0.25, 0.3) is 28.0 Å². The molecule has 0 aromatic heterocycles. The SMILES string of the molecule is C/C=C1\CC(C)(C)CC2(C1)c1ccccc1-c1c2c2c(c3cc(N)c4c(c13)CCO4)OC(c1ccc(OC)cc1)(c1ccc(OC)cc1)C=C2. The Morgan fingerprint density at radius 2 is 1.52 bits per heavy atom. The Balaban J connectivity index is 1.40. The summed E-state index contributed by atoms with van der Waals surface area (Å²) in [4.78, 5) is 0. The van der Waals surface area contributed by atoms with Crippen molar-refractivity contribution >= 4 is 22.5 Å². The monoisotopic (exact) mass is 661 g/mol. The van der Waals surface area contributed by atoms with E-state index in [2.05, 4.69) is 93.6 Å². The van der Waals surface area contributed by atoms with Gasteiger partial charge in [-0.15, -0.1) is 0 Å². The van der Waals surface area contributed by atoms with E-state index in [0.717, 1.165) is 70.8 Å². The third-order valence-corrected chi connectivity index (χ3v) is 11.7. The fourth-order valence-electron chi connectivity index (χ4n) is 9.81. The van der Waals surface area contributed by atoms with Gasteiger partial charge < -0.3 is 24.7 Å². The first-order valence-electron chi connectivity index (χ1n) is 17.7. The standard InChI is InChI=1S/C45H43NO4/c1-6-27-24-43(2,3)26-44(25-27)36-10-8-7-9-32(36)39-38-33-20-22-49-42(33)37(46)23-35(38)41-34(40(39)44)19-21-45(50-41,28-11-15-30(47-4)16-12-28)29-13-17-31(48-5)18-14-29/h6-19,21,23H,20,22,24-26,46H2,1-5H3/b27-6+. The summed E-state index contributed by atoms with van der Waals surface area (Å²) >= 11 is 0. The van der Waals surface area contributed by atoms with Crippen molar-refractivity contribution < 1.29 is 18.9 Å². The number of nitrogens with two attached hydrogens (primary N) is 1. The highest BCUT2D eigenvalue weighted by molar-refractivity contribution is 6.12. The molecule has 5 heteroatoms. The first-order valence-corrected chi connectivity index (χ1v) is 17.7. The molecule has 2 N–H and O–H groups in total. The number of methoxy groups -OCH3 is 2. The van der Waals surface area contributed by atoms with E-state index in [1.54, 1.807) is 14.2 Å². The lowest BCUT2D eigenvalue weighted by atomic mass is 9.57. The number of rotatable bonds is 4. The van der Waals surface area contributed by atoms with Gasteiger partial charge in [-0.1, -0.05) is 80.1 Å². The molecule has 2 aliphatic heterocycles. The summed E-state index contributed by atoms with van der Waals surface area (Å²) in [6.07, 6.45) is 10.9. The van der Waals surface area contributed by atoms with Gasteiger partial charge in [-0.05, 0) is 90.3 Å². The first kappa shape index (κ1) is 30.9. The Morgan fingerprint density at radius 1 is 0.840 bits per heavy atom. The lowest BCUT2D eigenvalue weighted by Gasteiger charge is -2.47. The van der Waals surface area contributed by atoms with E-state index >= 15 is 0 Å². The van der Waals surface area contributed by atoms with Gasteiger partial charge in [-0.25, -0.2) is 0 Å². The van der Waals surface area contributed by atoms with Crippen molar-refractivity contribution in [1.29, 1.82) is 0 Å². The molecule has 1 atom stereocenters. The van der Waals surface area contributed by atoms with Gasteiger partial charge in [-0.2, -0.15) is 0 Å². The third-order valence-electron chi connectivity index (χ3n) is 11.7. The van der Waals surface area contributed by atoms with Gasteiger partial charge in [0.2, 0.25) is 0 Å². The molecule has 1 saturated carbocycles. The minimum atomic E-state index is -0.921. The number of benzene rings is 5. The molecular formula is C45H43NO4. The normalized spacial score (nSPS) is 21.3. The second kappa shape index (κ2) is 10.9. The van der Waals surface area contributed by atoms with Crippen molar-refractivity contribution in [1.82, 2.24) is 0 Å². The van der Waals surface area contributed by atoms with Crippen molar-refractivity contribution in [3.05, 3.63) is 130 Å². The van der Waals surface area contributed by atoms with Crippen molar-refractivity contribution in [2.75, 3.05) is 26.6 Å². The largest absolute Gasteiger partial charge is 0.497 e. The second-order valence-corrected chi connectivity index (χ2v) is 15.2. The summed E-state index contributed by atoms with van der Waals surface area (Å²) in [6.45, 7) is 7.69. The molecule has 1 spiro atoms. The quantitative estimate of drug-likeness (QED) is 0.153. The van der Waals surface area contributed by atoms with Gasteiger partial charge in [0, 0.05) is 44.9 Å². The van der Waals surface area contributed by atoms with Crippen LogP contribution >= 0.6 is 0 Å². The average Bonchev–Trinajstić information content (AvgIpc) is 3.73. The topological polar surface area (TPSA) is 62.9 Å². The molecule has 0 amide bonds. The van der Waals surface area contributed by atoms with Gasteiger partial charge in [-0.3, -0.25) is 0 Å². The maximum absolute atomic E-state index is 7.65. The molecule has 5 nitrogen and oxygen atoms in total. The molecule has 252 valence electrons. The summed E-state index contributed by atoms with van der Waals surface area (Å²) in [5.41, 5.74) is 17.7. The molecule has 2 aliphatic carbocycles. The van der Waals surface area contributed by atoms with Crippen LogP contribution in [0.1, 0.15) is 73.4 Å². The van der Waals surface area contributed by atoms with Crippen LogP contribution in [-0.2, 0) is 17.4 Å². The number of hydrogen-bond acceptors (Lipinski definition) is 5. The Hall–Kier alpha value is -5.16. The van der Waals surface area contributed by atoms with Crippen LogP contribution in [0.4, 0.5) is 5.69 Å². The molecule has 4 aliphatic rings. The van der Waals surface area contributed by atoms with Crippen molar-refractivity contribution in [3.8, 4) is 34.1 Å². The molecule has 50 heavy (non-hydrogen) atoms. The number of ether oxygens (including phenoxy) is 4. The van der Waals surface area contributed by atoms with E-state index in [1.807, 2.05) is 24.3 Å². The Labute approximate surface area is 294 Å². The van der Waals surface area contributed by atoms with Gasteiger partial charge in [0.1, 0.15) is 23.0 Å². The molecular weight excluding hydrogens is 618 g/mol. The van der Waals surface area contributed by atoms with Crippen LogP contribution in [0.15, 0.2) is 96.6 Å². The highest BCUT2D eigenvalue weighted by Gasteiger charge is 2.53. The maximum atomic E-state index is 7.65. The zero-order chi connectivity index (χ0) is 34.4. The summed E-state index contributed by atoms with van der Waals surface area (Å²) in [7, 11) is 3.39. The van der Waals surface area contributed by atoms with Crippen LogP contribution in [0.3, 0.4) is 0 Å². The minimum Gasteiger partial charge on any atom is -0.497 e. The summed E-state index contributed by atoms with van der Waals surface area (Å²) < 4.78 is 25.0. The molecule has 0 saturated heterocycles. The predicted octanol–water partition coefficient (Wildman–Crippen LogP) is 10.1. The molecule has 0 bridgehead atoms. The van der Waals surface area contributed by atoms with E-state index in [1.165, 1.54) is 38.8 Å². The van der Waals surface area contributed by atoms with Crippen molar-refractivity contribution in [2.24, 2.45) is 5.41 Å². The second-order valence-electron chi connectivity index (χ2n) is 15.2. The summed E-state index contributed by atoms with van der Waals surface area (Å²) in [5, 5.41) is 2.24. The molecule has 5 aromatic carbocycles. The Morgan fingerprint density at radius 3 is 2.18 bits per heavy atom. The highest BCUT2D eigenvalue weighted by Crippen LogP contribution is 2.66. The zero-order valence-electron chi connectivity index (χ0n) is 29.5. The van der Waals surface area contributed by atoms with Crippen LogP contribution in [-0.4, -0.2) is 20.8 Å². The number of fused-ring (bicyclic) bond motifs is 12. The van der Waals surface area contributed by atoms with Gasteiger partial charge in [0.05, 0.1) is 26.5 Å². The van der Waals surface area contributed by atoms with E-state index in [0.29, 0.717) is 12.3 Å². The molecule has 2 heterocycles. The van der Waals surface area contributed by atoms with E-state index in [9.17, 15) is 0 Å². The number of nitrogen functional groups attached to an aromatic ring is 1. The molecule has 5 aromatic rings. The first-order chi connectivity index (χ1) is 24.2. The predicted molar refractivity (Wildman–Crippen MR) is 202 cm³/mol. The molecule has 9 rings (SSSR count). The fourth-order valence-corrected chi connectivity index (χ4v) is 9.81. The number of allylic oxidation sites excluding steroid dienone is 2. The smallest absolute Gasteiger partial charge is 0.178 e. The van der Waals surface area contributed by atoms with E-state index in [-0.39, 0.29) is 10.8 Å².